The third-order valence-electron chi connectivity index (χ3n) is 3.60. The summed E-state index contributed by atoms with van der Waals surface area (Å²) in [7, 11) is 0. The number of benzene rings is 1. The third kappa shape index (κ3) is 4.14. The van der Waals surface area contributed by atoms with Crippen molar-refractivity contribution in [3.8, 4) is 0 Å². The summed E-state index contributed by atoms with van der Waals surface area (Å²) in [6, 6.07) is 9.87. The highest BCUT2D eigenvalue weighted by Gasteiger charge is 2.25. The van der Waals surface area contributed by atoms with Crippen LogP contribution in [0, 0.1) is 5.82 Å². The molecule has 1 aromatic heterocycles. The molecule has 1 fully saturated rings. The van der Waals surface area contributed by atoms with E-state index in [0.29, 0.717) is 25.6 Å². The molecule has 2 aromatic rings. The number of halogens is 1. The lowest BCUT2D eigenvalue weighted by Gasteiger charge is -2.29. The Morgan fingerprint density at radius 2 is 2.12 bits per heavy atom. The summed E-state index contributed by atoms with van der Waals surface area (Å²) in [5.74, 6) is -0.526. The smallest absolute Gasteiger partial charge is 0.330 e. The van der Waals surface area contributed by atoms with Gasteiger partial charge in [0.05, 0.1) is 31.3 Å². The maximum atomic E-state index is 13.3. The Morgan fingerprint density at radius 1 is 1.33 bits per heavy atom. The highest BCUT2D eigenvalue weighted by Crippen LogP contribution is 2.26. The molecule has 24 heavy (non-hydrogen) atoms. The SMILES string of the molecule is O=c1[nH]c(=O)n(C2CSC(COCc3ccccc3)CO2)cc1F. The Labute approximate surface area is 141 Å². The Morgan fingerprint density at radius 3 is 2.83 bits per heavy atom. The van der Waals surface area contributed by atoms with Gasteiger partial charge < -0.3 is 9.47 Å². The fraction of sp³-hybridized carbons (Fsp3) is 0.375. The zero-order chi connectivity index (χ0) is 16.9. The van der Waals surface area contributed by atoms with Gasteiger partial charge >= 0.3 is 5.69 Å². The number of ether oxygens (including phenoxy) is 2. The molecule has 0 aliphatic carbocycles. The van der Waals surface area contributed by atoms with Gasteiger partial charge in [0, 0.05) is 5.75 Å². The number of aromatic nitrogens is 2. The van der Waals surface area contributed by atoms with Crippen molar-refractivity contribution in [2.24, 2.45) is 0 Å². The molecule has 0 amide bonds. The highest BCUT2D eigenvalue weighted by atomic mass is 32.2. The van der Waals surface area contributed by atoms with Crippen LogP contribution in [0.5, 0.6) is 0 Å². The van der Waals surface area contributed by atoms with Crippen LogP contribution >= 0.6 is 11.8 Å². The molecule has 128 valence electrons. The number of hydrogen-bond acceptors (Lipinski definition) is 5. The molecule has 8 heteroatoms. The van der Waals surface area contributed by atoms with E-state index in [1.165, 1.54) is 0 Å². The number of hydrogen-bond donors (Lipinski definition) is 1. The molecular weight excluding hydrogens is 335 g/mol. The molecule has 0 radical (unpaired) electrons. The normalized spacial score (nSPS) is 20.9. The predicted molar refractivity (Wildman–Crippen MR) is 88.6 cm³/mol. The first-order valence-corrected chi connectivity index (χ1v) is 8.54. The monoisotopic (exact) mass is 352 g/mol. The van der Waals surface area contributed by atoms with Crippen molar-refractivity contribution in [1.82, 2.24) is 9.55 Å². The second-order valence-corrected chi connectivity index (χ2v) is 6.72. The van der Waals surface area contributed by atoms with Crippen LogP contribution in [-0.2, 0) is 16.1 Å². The molecule has 1 aliphatic heterocycles. The number of thioether (sulfide) groups is 1. The van der Waals surface area contributed by atoms with Crippen LogP contribution in [0.2, 0.25) is 0 Å². The molecule has 0 spiro atoms. The van der Waals surface area contributed by atoms with Gasteiger partial charge in [-0.3, -0.25) is 14.3 Å². The zero-order valence-corrected chi connectivity index (χ0v) is 13.6. The number of H-pyrrole nitrogens is 1. The van der Waals surface area contributed by atoms with E-state index in [1.807, 2.05) is 35.3 Å². The average molecular weight is 352 g/mol. The van der Waals surface area contributed by atoms with E-state index in [2.05, 4.69) is 0 Å². The van der Waals surface area contributed by atoms with Crippen molar-refractivity contribution in [2.75, 3.05) is 19.0 Å². The van der Waals surface area contributed by atoms with Gasteiger partial charge in [0.1, 0.15) is 6.23 Å². The summed E-state index contributed by atoms with van der Waals surface area (Å²) in [5.41, 5.74) is -0.593. The van der Waals surface area contributed by atoms with Gasteiger partial charge in [-0.2, -0.15) is 4.39 Å². The van der Waals surface area contributed by atoms with Crippen molar-refractivity contribution in [1.29, 1.82) is 0 Å². The minimum atomic E-state index is -1.02. The number of nitrogens with zero attached hydrogens (tertiary/aromatic N) is 1. The van der Waals surface area contributed by atoms with Crippen LogP contribution < -0.4 is 11.2 Å². The predicted octanol–water partition coefficient (Wildman–Crippen LogP) is 1.52. The van der Waals surface area contributed by atoms with Crippen molar-refractivity contribution in [2.45, 2.75) is 18.1 Å². The molecule has 0 bridgehead atoms. The molecule has 3 rings (SSSR count). The molecular formula is C16H17FN2O4S. The largest absolute Gasteiger partial charge is 0.376 e. The Hall–Kier alpha value is -1.90. The van der Waals surface area contributed by atoms with Crippen LogP contribution in [0.15, 0.2) is 46.1 Å². The highest BCUT2D eigenvalue weighted by molar-refractivity contribution is 8.00. The second-order valence-electron chi connectivity index (χ2n) is 5.39. The van der Waals surface area contributed by atoms with E-state index >= 15 is 0 Å². The van der Waals surface area contributed by atoms with Crippen LogP contribution in [-0.4, -0.2) is 33.8 Å². The molecule has 2 atom stereocenters. The summed E-state index contributed by atoms with van der Waals surface area (Å²) >= 11 is 1.60. The Balaban J connectivity index is 1.50. The first-order valence-electron chi connectivity index (χ1n) is 7.49. The number of rotatable bonds is 5. The standard InChI is InChI=1S/C16H17FN2O4S/c17-13-6-19(16(21)18-15(13)20)14-10-24-12(9-23-14)8-22-7-11-4-2-1-3-5-11/h1-6,12,14H,7-10H2,(H,18,20,21). The van der Waals surface area contributed by atoms with E-state index in [-0.39, 0.29) is 5.25 Å². The molecule has 1 saturated heterocycles. The lowest BCUT2D eigenvalue weighted by molar-refractivity contribution is -0.00363. The maximum absolute atomic E-state index is 13.3. The average Bonchev–Trinajstić information content (AvgIpc) is 2.60. The van der Waals surface area contributed by atoms with Gasteiger partial charge in [0.2, 0.25) is 5.82 Å². The Kier molecular flexibility index (Phi) is 5.49. The van der Waals surface area contributed by atoms with Crippen molar-refractivity contribution >= 4 is 11.8 Å². The van der Waals surface area contributed by atoms with E-state index in [0.717, 1.165) is 16.3 Å². The molecule has 1 N–H and O–H groups in total. The molecule has 2 heterocycles. The van der Waals surface area contributed by atoms with E-state index < -0.39 is 23.3 Å². The summed E-state index contributed by atoms with van der Waals surface area (Å²) in [6.07, 6.45) is 0.290. The molecule has 6 nitrogen and oxygen atoms in total. The van der Waals surface area contributed by atoms with E-state index in [4.69, 9.17) is 9.47 Å². The summed E-state index contributed by atoms with van der Waals surface area (Å²) in [5, 5.41) is 0.147. The van der Waals surface area contributed by atoms with Gasteiger partial charge in [0.25, 0.3) is 5.56 Å². The summed E-state index contributed by atoms with van der Waals surface area (Å²) in [6.45, 7) is 1.45. The number of nitrogens with one attached hydrogen (secondary N) is 1. The minimum absolute atomic E-state index is 0.147. The van der Waals surface area contributed by atoms with E-state index in [9.17, 15) is 14.0 Å². The Bertz CT molecular complexity index is 785. The van der Waals surface area contributed by atoms with Crippen LogP contribution in [0.25, 0.3) is 0 Å². The van der Waals surface area contributed by atoms with Gasteiger partial charge in [-0.25, -0.2) is 4.79 Å². The third-order valence-corrected chi connectivity index (χ3v) is 4.82. The van der Waals surface area contributed by atoms with E-state index in [1.54, 1.807) is 11.8 Å². The molecule has 1 aliphatic rings. The van der Waals surface area contributed by atoms with Crippen molar-refractivity contribution < 1.29 is 13.9 Å². The molecule has 0 saturated carbocycles. The summed E-state index contributed by atoms with van der Waals surface area (Å²) in [4.78, 5) is 24.7. The number of aromatic amines is 1. The first kappa shape index (κ1) is 16.9. The van der Waals surface area contributed by atoms with Crippen LogP contribution in [0.4, 0.5) is 4.39 Å². The fourth-order valence-electron chi connectivity index (χ4n) is 2.35. The van der Waals surface area contributed by atoms with Crippen molar-refractivity contribution in [3.63, 3.8) is 0 Å². The molecule has 1 aromatic carbocycles. The minimum Gasteiger partial charge on any atom is -0.376 e. The fourth-order valence-corrected chi connectivity index (χ4v) is 3.41. The second kappa shape index (κ2) is 7.78. The first-order chi connectivity index (χ1) is 11.6. The lowest BCUT2D eigenvalue weighted by atomic mass is 10.2. The lowest BCUT2D eigenvalue weighted by Crippen LogP contribution is -2.39. The van der Waals surface area contributed by atoms with Gasteiger partial charge in [-0.1, -0.05) is 30.3 Å². The zero-order valence-electron chi connectivity index (χ0n) is 12.8. The van der Waals surface area contributed by atoms with Crippen molar-refractivity contribution in [3.05, 3.63) is 68.7 Å². The van der Waals surface area contributed by atoms with Crippen LogP contribution in [0.3, 0.4) is 0 Å². The van der Waals surface area contributed by atoms with Gasteiger partial charge in [-0.05, 0) is 5.56 Å². The van der Waals surface area contributed by atoms with Gasteiger partial charge in [-0.15, -0.1) is 11.8 Å². The topological polar surface area (TPSA) is 73.3 Å². The quantitative estimate of drug-likeness (QED) is 0.883. The summed E-state index contributed by atoms with van der Waals surface area (Å²) < 4.78 is 25.7. The van der Waals surface area contributed by atoms with Crippen LogP contribution in [0.1, 0.15) is 11.8 Å². The molecule has 2 unspecified atom stereocenters. The maximum Gasteiger partial charge on any atom is 0.330 e. The van der Waals surface area contributed by atoms with Gasteiger partial charge in [0.15, 0.2) is 0 Å².